The summed E-state index contributed by atoms with van der Waals surface area (Å²) >= 11 is 13.9. The summed E-state index contributed by atoms with van der Waals surface area (Å²) in [5, 5.41) is 1.48. The molecule has 6 heteroatoms. The Labute approximate surface area is 183 Å². The molecule has 0 atom stereocenters. The van der Waals surface area contributed by atoms with Gasteiger partial charge in [0.25, 0.3) is 5.91 Å². The molecule has 1 aromatic heterocycles. The van der Waals surface area contributed by atoms with Crippen molar-refractivity contribution >= 4 is 55.8 Å². The van der Waals surface area contributed by atoms with Crippen molar-refractivity contribution in [1.29, 1.82) is 0 Å². The maximum absolute atomic E-state index is 13.5. The van der Waals surface area contributed by atoms with Gasteiger partial charge in [-0.1, -0.05) is 83.9 Å². The minimum atomic E-state index is -0.201. The van der Waals surface area contributed by atoms with Crippen LogP contribution >= 0.6 is 34.5 Å². The molecule has 1 heterocycles. The van der Waals surface area contributed by atoms with Crippen LogP contribution < -0.4 is 4.90 Å². The van der Waals surface area contributed by atoms with E-state index in [1.54, 1.807) is 23.1 Å². The number of rotatable bonds is 5. The first-order valence-electron chi connectivity index (χ1n) is 9.26. The Kier molecular flexibility index (Phi) is 5.86. The highest BCUT2D eigenvalue weighted by Crippen LogP contribution is 2.33. The van der Waals surface area contributed by atoms with Gasteiger partial charge in [0, 0.05) is 5.02 Å². The highest BCUT2D eigenvalue weighted by atomic mass is 35.5. The van der Waals surface area contributed by atoms with Gasteiger partial charge in [0.1, 0.15) is 0 Å². The van der Waals surface area contributed by atoms with Gasteiger partial charge >= 0.3 is 0 Å². The Hall–Kier alpha value is -2.40. The van der Waals surface area contributed by atoms with Crippen molar-refractivity contribution in [3.8, 4) is 0 Å². The fourth-order valence-corrected chi connectivity index (χ4v) is 4.70. The van der Waals surface area contributed by atoms with Crippen LogP contribution in [-0.4, -0.2) is 10.9 Å². The number of benzene rings is 3. The van der Waals surface area contributed by atoms with E-state index in [9.17, 15) is 4.79 Å². The molecule has 4 rings (SSSR count). The van der Waals surface area contributed by atoms with Gasteiger partial charge in [-0.3, -0.25) is 9.69 Å². The van der Waals surface area contributed by atoms with E-state index in [2.05, 4.69) is 13.0 Å². The molecule has 0 radical (unpaired) electrons. The predicted molar refractivity (Wildman–Crippen MR) is 122 cm³/mol. The maximum Gasteiger partial charge on any atom is 0.261 e. The number of carbonyl (C=O) groups excluding carboxylic acids is 1. The molecule has 0 spiro atoms. The van der Waals surface area contributed by atoms with E-state index >= 15 is 0 Å². The van der Waals surface area contributed by atoms with Crippen LogP contribution in [0.15, 0.2) is 66.7 Å². The van der Waals surface area contributed by atoms with Gasteiger partial charge in [-0.05, 0) is 41.8 Å². The first-order chi connectivity index (χ1) is 14.1. The molecule has 0 unspecified atom stereocenters. The molecule has 0 bridgehead atoms. The van der Waals surface area contributed by atoms with Crippen LogP contribution in [0.4, 0.5) is 5.13 Å². The first kappa shape index (κ1) is 19.9. The minimum absolute atomic E-state index is 0.201. The topological polar surface area (TPSA) is 33.2 Å². The second-order valence-corrected chi connectivity index (χ2v) is 8.47. The van der Waals surface area contributed by atoms with Crippen LogP contribution in [0.1, 0.15) is 28.4 Å². The summed E-state index contributed by atoms with van der Waals surface area (Å²) in [6.07, 6.45) is 0.885. The molecule has 0 aliphatic carbocycles. The van der Waals surface area contributed by atoms with Gasteiger partial charge in [-0.15, -0.1) is 0 Å². The Morgan fingerprint density at radius 3 is 2.55 bits per heavy atom. The molecule has 3 aromatic carbocycles. The van der Waals surface area contributed by atoms with Crippen molar-refractivity contribution in [2.75, 3.05) is 4.90 Å². The number of amides is 1. The zero-order valence-electron chi connectivity index (χ0n) is 15.7. The number of halogens is 2. The van der Waals surface area contributed by atoms with E-state index in [1.165, 1.54) is 16.9 Å². The van der Waals surface area contributed by atoms with Crippen molar-refractivity contribution in [3.05, 3.63) is 93.5 Å². The molecular formula is C23H18Cl2N2OS. The van der Waals surface area contributed by atoms with Crippen LogP contribution in [0.25, 0.3) is 10.2 Å². The molecule has 4 aromatic rings. The van der Waals surface area contributed by atoms with Gasteiger partial charge in [0.2, 0.25) is 0 Å². The standard InChI is InChI=1S/C23H18Cl2N2OS/c1-2-16-9-6-10-20-21(16)26-23(29-20)27(14-15-7-4-3-5-8-15)22(28)18-12-11-17(24)13-19(18)25/h3-13H,2,14H2,1H3. The molecule has 0 fully saturated rings. The van der Waals surface area contributed by atoms with Crippen LogP contribution in [-0.2, 0) is 13.0 Å². The fraction of sp³-hybridized carbons (Fsp3) is 0.130. The van der Waals surface area contributed by atoms with Gasteiger partial charge in [0.05, 0.1) is 27.3 Å². The van der Waals surface area contributed by atoms with Crippen LogP contribution in [0.3, 0.4) is 0 Å². The quantitative estimate of drug-likeness (QED) is 0.334. The van der Waals surface area contributed by atoms with Crippen molar-refractivity contribution in [2.45, 2.75) is 19.9 Å². The number of para-hydroxylation sites is 1. The monoisotopic (exact) mass is 440 g/mol. The lowest BCUT2D eigenvalue weighted by molar-refractivity contribution is 0.0985. The fourth-order valence-electron chi connectivity index (χ4n) is 3.20. The average molecular weight is 441 g/mol. The molecule has 0 aliphatic heterocycles. The lowest BCUT2D eigenvalue weighted by atomic mass is 10.1. The molecule has 146 valence electrons. The van der Waals surface area contributed by atoms with Gasteiger partial charge in [-0.2, -0.15) is 0 Å². The van der Waals surface area contributed by atoms with Crippen molar-refractivity contribution in [2.24, 2.45) is 0 Å². The molecule has 0 N–H and O–H groups in total. The highest BCUT2D eigenvalue weighted by molar-refractivity contribution is 7.22. The third kappa shape index (κ3) is 4.15. The van der Waals surface area contributed by atoms with Crippen molar-refractivity contribution in [3.63, 3.8) is 0 Å². The number of nitrogens with zero attached hydrogens (tertiary/aromatic N) is 2. The summed E-state index contributed by atoms with van der Waals surface area (Å²) in [4.78, 5) is 20.0. The summed E-state index contributed by atoms with van der Waals surface area (Å²) in [6, 6.07) is 20.9. The summed E-state index contributed by atoms with van der Waals surface area (Å²) < 4.78 is 1.06. The third-order valence-electron chi connectivity index (χ3n) is 4.69. The average Bonchev–Trinajstić information content (AvgIpc) is 3.16. The van der Waals surface area contributed by atoms with Gasteiger partial charge < -0.3 is 0 Å². The second kappa shape index (κ2) is 8.54. The normalized spacial score (nSPS) is 11.0. The van der Waals surface area contributed by atoms with E-state index in [1.807, 2.05) is 42.5 Å². The number of fused-ring (bicyclic) bond motifs is 1. The molecular weight excluding hydrogens is 423 g/mol. The third-order valence-corrected chi connectivity index (χ3v) is 6.28. The Balaban J connectivity index is 1.81. The van der Waals surface area contributed by atoms with Crippen LogP contribution in [0, 0.1) is 0 Å². The summed E-state index contributed by atoms with van der Waals surface area (Å²) in [5.74, 6) is -0.201. The molecule has 1 amide bonds. The van der Waals surface area contributed by atoms with E-state index in [4.69, 9.17) is 28.2 Å². The largest absolute Gasteiger partial charge is 0.279 e. The molecule has 0 aliphatic rings. The number of carbonyl (C=O) groups is 1. The highest BCUT2D eigenvalue weighted by Gasteiger charge is 2.24. The van der Waals surface area contributed by atoms with Crippen LogP contribution in [0.2, 0.25) is 10.0 Å². The van der Waals surface area contributed by atoms with E-state index < -0.39 is 0 Å². The Morgan fingerprint density at radius 1 is 1.03 bits per heavy atom. The van der Waals surface area contributed by atoms with Crippen molar-refractivity contribution < 1.29 is 4.79 Å². The number of thiazole rings is 1. The Bertz CT molecular complexity index is 1170. The van der Waals surface area contributed by atoms with E-state index in [-0.39, 0.29) is 5.91 Å². The van der Waals surface area contributed by atoms with Gasteiger partial charge in [-0.25, -0.2) is 4.98 Å². The lowest BCUT2D eigenvalue weighted by Crippen LogP contribution is -2.30. The molecule has 29 heavy (non-hydrogen) atoms. The lowest BCUT2D eigenvalue weighted by Gasteiger charge is -2.21. The van der Waals surface area contributed by atoms with E-state index in [0.29, 0.717) is 27.3 Å². The number of hydrogen-bond donors (Lipinski definition) is 0. The first-order valence-corrected chi connectivity index (χ1v) is 10.8. The summed E-state index contributed by atoms with van der Waals surface area (Å²) in [7, 11) is 0. The molecule has 3 nitrogen and oxygen atoms in total. The number of anilines is 1. The van der Waals surface area contributed by atoms with Crippen LogP contribution in [0.5, 0.6) is 0 Å². The minimum Gasteiger partial charge on any atom is -0.279 e. The second-order valence-electron chi connectivity index (χ2n) is 6.61. The SMILES string of the molecule is CCc1cccc2sc(N(Cc3ccccc3)C(=O)c3ccc(Cl)cc3Cl)nc12. The molecule has 0 saturated carbocycles. The zero-order valence-corrected chi connectivity index (χ0v) is 18.1. The Morgan fingerprint density at radius 2 is 1.83 bits per heavy atom. The number of aromatic nitrogens is 1. The van der Waals surface area contributed by atoms with E-state index in [0.717, 1.165) is 22.2 Å². The van der Waals surface area contributed by atoms with Crippen molar-refractivity contribution in [1.82, 2.24) is 4.98 Å². The number of aryl methyl sites for hydroxylation is 1. The van der Waals surface area contributed by atoms with Gasteiger partial charge in [0.15, 0.2) is 5.13 Å². The number of hydrogen-bond acceptors (Lipinski definition) is 3. The smallest absolute Gasteiger partial charge is 0.261 e. The summed E-state index contributed by atoms with van der Waals surface area (Å²) in [6.45, 7) is 2.51. The summed E-state index contributed by atoms with van der Waals surface area (Å²) in [5.41, 5.74) is 3.53. The maximum atomic E-state index is 13.5. The zero-order chi connectivity index (χ0) is 20.4. The predicted octanol–water partition coefficient (Wildman–Crippen LogP) is 7.01. The molecule has 0 saturated heterocycles.